The Bertz CT molecular complexity index is 4190. The Kier molecular flexibility index (Phi) is 11.8. The van der Waals surface area contributed by atoms with Crippen molar-refractivity contribution in [3.63, 3.8) is 0 Å². The summed E-state index contributed by atoms with van der Waals surface area (Å²) in [6, 6.07) is 96.3. The fraction of sp³-hybridized carbons (Fsp3) is 0.175. The molecule has 0 amide bonds. The average Bonchev–Trinajstić information content (AvgIpc) is 2.19. The zero-order chi connectivity index (χ0) is 55.4. The molecule has 2 atom stereocenters. The van der Waals surface area contributed by atoms with E-state index in [1.165, 1.54) is 117 Å². The summed E-state index contributed by atoms with van der Waals surface area (Å²) in [4.78, 5) is 2.41. The molecule has 3 aliphatic rings. The molecule has 0 bridgehead atoms. The molecule has 14 rings (SSSR count). The van der Waals surface area contributed by atoms with Gasteiger partial charge in [0, 0.05) is 22.5 Å². The van der Waals surface area contributed by atoms with E-state index >= 15 is 0 Å². The van der Waals surface area contributed by atoms with E-state index in [-0.39, 0.29) is 16.2 Å². The molecule has 0 saturated heterocycles. The monoisotopic (exact) mass is 1040 g/mol. The predicted octanol–water partition coefficient (Wildman–Crippen LogP) is 22.0. The van der Waals surface area contributed by atoms with Crippen LogP contribution in [0.25, 0.3) is 77.9 Å². The van der Waals surface area contributed by atoms with Gasteiger partial charge in [-0.1, -0.05) is 262 Å². The molecule has 11 aromatic carbocycles. The predicted molar refractivity (Wildman–Crippen MR) is 343 cm³/mol. The summed E-state index contributed by atoms with van der Waals surface area (Å²) in [7, 11) is 0. The van der Waals surface area contributed by atoms with Crippen LogP contribution in [0.1, 0.15) is 107 Å². The maximum absolute atomic E-state index is 2.52. The third-order valence-corrected chi connectivity index (χ3v) is 18.3. The van der Waals surface area contributed by atoms with Crippen molar-refractivity contribution in [2.24, 2.45) is 10.8 Å². The molecule has 0 aromatic heterocycles. The van der Waals surface area contributed by atoms with Crippen LogP contribution in [-0.2, 0) is 10.8 Å². The van der Waals surface area contributed by atoms with Gasteiger partial charge in [-0.15, -0.1) is 0 Å². The van der Waals surface area contributed by atoms with Crippen molar-refractivity contribution in [1.82, 2.24) is 0 Å². The molecule has 3 aliphatic carbocycles. The van der Waals surface area contributed by atoms with Gasteiger partial charge in [-0.25, -0.2) is 0 Å². The van der Waals surface area contributed by atoms with Crippen molar-refractivity contribution in [1.29, 1.82) is 0 Å². The third-order valence-electron chi connectivity index (χ3n) is 18.3. The van der Waals surface area contributed by atoms with Crippen molar-refractivity contribution in [2.45, 2.75) is 78.6 Å². The van der Waals surface area contributed by atoms with Crippen molar-refractivity contribution in [3.8, 4) is 77.9 Å². The van der Waals surface area contributed by atoms with Crippen molar-refractivity contribution in [2.75, 3.05) is 4.90 Å². The average molecular weight is 1040 g/mol. The Labute approximate surface area is 480 Å². The molecular formula is C80H69N. The van der Waals surface area contributed by atoms with Gasteiger partial charge in [0.25, 0.3) is 0 Å². The number of hydrogen-bond donors (Lipinski definition) is 0. The van der Waals surface area contributed by atoms with Crippen LogP contribution in [0.2, 0.25) is 0 Å². The minimum atomic E-state index is -0.464. The van der Waals surface area contributed by atoms with Gasteiger partial charge in [-0.3, -0.25) is 0 Å². The number of hydrogen-bond acceptors (Lipinski definition) is 1. The maximum atomic E-state index is 2.52. The Balaban J connectivity index is 0.807. The summed E-state index contributed by atoms with van der Waals surface area (Å²) in [5.41, 5.74) is 30.5. The molecule has 0 heterocycles. The van der Waals surface area contributed by atoms with E-state index in [0.29, 0.717) is 5.92 Å². The summed E-state index contributed by atoms with van der Waals surface area (Å²) < 4.78 is 0. The molecule has 2 unspecified atom stereocenters. The minimum absolute atomic E-state index is 0.110. The lowest BCUT2D eigenvalue weighted by Gasteiger charge is -2.36. The lowest BCUT2D eigenvalue weighted by Crippen LogP contribution is -2.26. The molecule has 1 heteroatoms. The van der Waals surface area contributed by atoms with Gasteiger partial charge < -0.3 is 4.90 Å². The van der Waals surface area contributed by atoms with Crippen LogP contribution >= 0.6 is 0 Å². The molecule has 1 nitrogen and oxygen atoms in total. The summed E-state index contributed by atoms with van der Waals surface area (Å²) in [6.45, 7) is 19.0. The number of rotatable bonds is 9. The van der Waals surface area contributed by atoms with Gasteiger partial charge in [-0.2, -0.15) is 0 Å². The molecule has 0 N–H and O–H groups in total. The Hall–Kier alpha value is -8.78. The lowest BCUT2D eigenvalue weighted by molar-refractivity contribution is 0.229. The second kappa shape index (κ2) is 18.9. The zero-order valence-electron chi connectivity index (χ0n) is 48.0. The quantitative estimate of drug-likeness (QED) is 0.139. The summed E-state index contributed by atoms with van der Waals surface area (Å²) >= 11 is 0. The Morgan fingerprint density at radius 2 is 0.654 bits per heavy atom. The van der Waals surface area contributed by atoms with Crippen LogP contribution in [-0.4, -0.2) is 0 Å². The van der Waals surface area contributed by atoms with Crippen LogP contribution in [0.4, 0.5) is 17.1 Å². The first-order valence-corrected chi connectivity index (χ1v) is 29.2. The second-order valence-corrected chi connectivity index (χ2v) is 25.9. The summed E-state index contributed by atoms with van der Waals surface area (Å²) in [6.07, 6.45) is 1.15. The van der Waals surface area contributed by atoms with Crippen LogP contribution in [0.15, 0.2) is 255 Å². The first kappa shape index (κ1) is 50.4. The summed E-state index contributed by atoms with van der Waals surface area (Å²) in [5, 5.41) is 0. The SMILES string of the molecule is CC(C)(C)CC(c1ccc(-c2ccc3c(c2)C2(c4ccccc4-c4ccc(-c5ccc(-c6ccc(N(c7ccc(-c8ccccc8)cc7)c7ccc8c(c7)C(C)(C)c7ccccc7-8)cc6)cc5)cc42)c2ccccc2-3)cc1)C(C)(C)C. The second-order valence-electron chi connectivity index (χ2n) is 25.9. The van der Waals surface area contributed by atoms with Crippen LogP contribution < -0.4 is 4.90 Å². The van der Waals surface area contributed by atoms with Gasteiger partial charge in [0.1, 0.15) is 0 Å². The largest absolute Gasteiger partial charge is 0.310 e. The van der Waals surface area contributed by atoms with Crippen LogP contribution in [0.5, 0.6) is 0 Å². The van der Waals surface area contributed by atoms with E-state index in [9.17, 15) is 0 Å². The van der Waals surface area contributed by atoms with Crippen LogP contribution in [0.3, 0.4) is 0 Å². The van der Waals surface area contributed by atoms with Crippen molar-refractivity contribution < 1.29 is 0 Å². The van der Waals surface area contributed by atoms with Gasteiger partial charge in [0.2, 0.25) is 0 Å². The fourth-order valence-electron chi connectivity index (χ4n) is 14.3. The zero-order valence-corrected chi connectivity index (χ0v) is 48.0. The van der Waals surface area contributed by atoms with Gasteiger partial charge in [0.15, 0.2) is 0 Å². The third kappa shape index (κ3) is 8.34. The van der Waals surface area contributed by atoms with E-state index in [4.69, 9.17) is 0 Å². The molecule has 0 radical (unpaired) electrons. The van der Waals surface area contributed by atoms with E-state index in [2.05, 4.69) is 315 Å². The highest BCUT2D eigenvalue weighted by Crippen LogP contribution is 2.64. The number of anilines is 3. The summed E-state index contributed by atoms with van der Waals surface area (Å²) in [5.74, 6) is 0.467. The molecule has 1 spiro atoms. The highest BCUT2D eigenvalue weighted by molar-refractivity contribution is 5.97. The fourth-order valence-corrected chi connectivity index (χ4v) is 14.3. The molecule has 81 heavy (non-hydrogen) atoms. The first-order chi connectivity index (χ1) is 39.1. The van der Waals surface area contributed by atoms with E-state index < -0.39 is 5.41 Å². The molecular weight excluding hydrogens is 975 g/mol. The van der Waals surface area contributed by atoms with Gasteiger partial charge >= 0.3 is 0 Å². The normalized spacial score (nSPS) is 15.6. The molecule has 0 aliphatic heterocycles. The maximum Gasteiger partial charge on any atom is 0.0725 e. The molecule has 11 aromatic rings. The topological polar surface area (TPSA) is 3.24 Å². The van der Waals surface area contributed by atoms with E-state index in [0.717, 1.165) is 23.5 Å². The number of benzene rings is 11. The Morgan fingerprint density at radius 3 is 1.14 bits per heavy atom. The standard InChI is InChI=1S/C80H69N/c1-77(2,3)51-76(78(4,5)6)58-32-30-57(31-33-58)60-39-46-69-66-22-14-17-25-72(66)80(75(69)49-60)71-24-16-13-21-65(71)68-45-38-59(48-74(68)80)56-28-26-53(27-29-56)55-36-42-62(43-37-55)81(61-40-34-54(35-41-61)52-18-10-9-11-19-52)63-44-47-67-64-20-12-15-23-70(64)79(7,8)73(67)50-63/h9-50,76H,51H2,1-8H3. The highest BCUT2D eigenvalue weighted by Gasteiger charge is 2.52. The molecule has 0 saturated carbocycles. The lowest BCUT2D eigenvalue weighted by atomic mass is 9.69. The number of fused-ring (bicyclic) bond motifs is 13. The van der Waals surface area contributed by atoms with Gasteiger partial charge in [0.05, 0.1) is 5.41 Å². The smallest absolute Gasteiger partial charge is 0.0725 e. The van der Waals surface area contributed by atoms with E-state index in [1.54, 1.807) is 0 Å². The molecule has 0 fully saturated rings. The molecule has 394 valence electrons. The Morgan fingerprint density at radius 1 is 0.309 bits per heavy atom. The number of nitrogens with zero attached hydrogens (tertiary/aromatic N) is 1. The van der Waals surface area contributed by atoms with Crippen molar-refractivity contribution in [3.05, 3.63) is 294 Å². The van der Waals surface area contributed by atoms with E-state index in [1.807, 2.05) is 0 Å². The minimum Gasteiger partial charge on any atom is -0.310 e. The van der Waals surface area contributed by atoms with Gasteiger partial charge in [-0.05, 0) is 189 Å². The first-order valence-electron chi connectivity index (χ1n) is 29.2. The highest BCUT2D eigenvalue weighted by atomic mass is 15.1. The van der Waals surface area contributed by atoms with Crippen molar-refractivity contribution >= 4 is 17.1 Å². The van der Waals surface area contributed by atoms with Crippen LogP contribution in [0, 0.1) is 10.8 Å².